The molecule has 1 aliphatic heterocycles. The van der Waals surface area contributed by atoms with Gasteiger partial charge in [0.25, 0.3) is 11.8 Å². The normalized spacial score (nSPS) is 16.9. The van der Waals surface area contributed by atoms with Crippen LogP contribution in [0.1, 0.15) is 46.5 Å². The molecule has 1 amide bonds. The van der Waals surface area contributed by atoms with Gasteiger partial charge in [0.05, 0.1) is 11.5 Å². The average molecular weight is 431 g/mol. The van der Waals surface area contributed by atoms with Crippen LogP contribution in [0, 0.1) is 0 Å². The zero-order chi connectivity index (χ0) is 21.8. The fraction of sp³-hybridized carbons (Fsp3) is 0.318. The molecule has 1 aromatic heterocycles. The molecule has 1 fully saturated rings. The van der Waals surface area contributed by atoms with Crippen molar-refractivity contribution in [2.45, 2.75) is 31.5 Å². The second-order valence-corrected chi connectivity index (χ2v) is 7.30. The highest BCUT2D eigenvalue weighted by molar-refractivity contribution is 5.94. The van der Waals surface area contributed by atoms with Crippen LogP contribution in [0.5, 0.6) is 5.75 Å². The number of hydrogen-bond donors (Lipinski definition) is 0. The van der Waals surface area contributed by atoms with Gasteiger partial charge in [-0.25, -0.2) is 0 Å². The molecule has 0 N–H and O–H groups in total. The smallest absolute Gasteiger partial charge is 0.416 e. The predicted octanol–water partition coefficient (Wildman–Crippen LogP) is 4.69. The Balaban J connectivity index is 1.38. The summed E-state index contributed by atoms with van der Waals surface area (Å²) in [6.45, 7) is 1.02. The molecule has 1 saturated heterocycles. The fourth-order valence-electron chi connectivity index (χ4n) is 3.50. The van der Waals surface area contributed by atoms with E-state index in [-0.39, 0.29) is 24.0 Å². The fourth-order valence-corrected chi connectivity index (χ4v) is 3.50. The molecular formula is C22H20F3N3O3. The molecule has 162 valence electrons. The maximum absolute atomic E-state index is 12.8. The molecule has 0 spiro atoms. The van der Waals surface area contributed by atoms with Crippen molar-refractivity contribution in [3.05, 3.63) is 77.5 Å². The first-order valence-electron chi connectivity index (χ1n) is 9.87. The Kier molecular flexibility index (Phi) is 5.92. The molecule has 0 saturated carbocycles. The molecule has 1 atom stereocenters. The minimum absolute atomic E-state index is 0.134. The van der Waals surface area contributed by atoms with Crippen LogP contribution in [0.3, 0.4) is 0 Å². The summed E-state index contributed by atoms with van der Waals surface area (Å²) in [6, 6.07) is 13.5. The van der Waals surface area contributed by atoms with Gasteiger partial charge in [-0.3, -0.25) is 4.79 Å². The highest BCUT2D eigenvalue weighted by Crippen LogP contribution is 2.30. The molecule has 6 nitrogen and oxygen atoms in total. The van der Waals surface area contributed by atoms with Gasteiger partial charge in [-0.05, 0) is 49.2 Å². The Morgan fingerprint density at radius 3 is 2.55 bits per heavy atom. The van der Waals surface area contributed by atoms with Crippen LogP contribution in [0.25, 0.3) is 0 Å². The summed E-state index contributed by atoms with van der Waals surface area (Å²) in [7, 11) is 0. The first-order valence-corrected chi connectivity index (χ1v) is 9.87. The number of benzene rings is 2. The summed E-state index contributed by atoms with van der Waals surface area (Å²) < 4.78 is 49.5. The number of piperidine rings is 1. The van der Waals surface area contributed by atoms with Crippen molar-refractivity contribution in [2.24, 2.45) is 0 Å². The van der Waals surface area contributed by atoms with Crippen LogP contribution in [0.15, 0.2) is 59.0 Å². The molecule has 3 aromatic rings. The lowest BCUT2D eigenvalue weighted by atomic mass is 9.97. The summed E-state index contributed by atoms with van der Waals surface area (Å²) in [5, 5.41) is 8.11. The molecule has 2 heterocycles. The van der Waals surface area contributed by atoms with Crippen molar-refractivity contribution in [3.63, 3.8) is 0 Å². The highest BCUT2D eigenvalue weighted by Gasteiger charge is 2.32. The Morgan fingerprint density at radius 1 is 1.10 bits per heavy atom. The van der Waals surface area contributed by atoms with Gasteiger partial charge < -0.3 is 14.1 Å². The second kappa shape index (κ2) is 8.79. The third-order valence-electron chi connectivity index (χ3n) is 5.11. The summed E-state index contributed by atoms with van der Waals surface area (Å²) in [5.74, 6) is 1.01. The Labute approximate surface area is 176 Å². The molecule has 0 bridgehead atoms. The number of likely N-dealkylation sites (tertiary alicyclic amines) is 1. The SMILES string of the molecule is O=C(c1ccc(C(F)(F)F)cc1)N1CCCC(c2nnc(COc3ccccc3)o2)C1. The van der Waals surface area contributed by atoms with Gasteiger partial charge in [0, 0.05) is 18.7 Å². The number of nitrogens with zero attached hydrogens (tertiary/aromatic N) is 3. The van der Waals surface area contributed by atoms with Crippen LogP contribution in [0.4, 0.5) is 13.2 Å². The van der Waals surface area contributed by atoms with Crippen LogP contribution >= 0.6 is 0 Å². The zero-order valence-corrected chi connectivity index (χ0v) is 16.5. The van der Waals surface area contributed by atoms with Gasteiger partial charge in [-0.15, -0.1) is 10.2 Å². The molecule has 0 radical (unpaired) electrons. The molecule has 0 aliphatic carbocycles. The standard InChI is InChI=1S/C22H20F3N3O3/c23-22(24,25)17-10-8-15(9-11-17)21(29)28-12-4-5-16(13-28)20-27-26-19(31-20)14-30-18-6-2-1-3-7-18/h1-3,6-11,16H,4-5,12-14H2. The minimum atomic E-state index is -4.43. The van der Waals surface area contributed by atoms with Gasteiger partial charge in [0.15, 0.2) is 6.61 Å². The van der Waals surface area contributed by atoms with Gasteiger partial charge in [0.1, 0.15) is 5.75 Å². The van der Waals surface area contributed by atoms with Gasteiger partial charge in [0.2, 0.25) is 5.89 Å². The lowest BCUT2D eigenvalue weighted by molar-refractivity contribution is -0.137. The molecule has 2 aromatic carbocycles. The number of para-hydroxylation sites is 1. The van der Waals surface area contributed by atoms with Crippen molar-refractivity contribution < 1.29 is 27.1 Å². The number of carbonyl (C=O) groups excluding carboxylic acids is 1. The van der Waals surface area contributed by atoms with Gasteiger partial charge in [-0.2, -0.15) is 13.2 Å². The van der Waals surface area contributed by atoms with Crippen molar-refractivity contribution in [3.8, 4) is 5.75 Å². The number of alkyl halides is 3. The number of aromatic nitrogens is 2. The quantitative estimate of drug-likeness (QED) is 0.587. The third-order valence-corrected chi connectivity index (χ3v) is 5.11. The van der Waals surface area contributed by atoms with E-state index in [1.165, 1.54) is 12.1 Å². The zero-order valence-electron chi connectivity index (χ0n) is 16.5. The summed E-state index contributed by atoms with van der Waals surface area (Å²) in [4.78, 5) is 14.4. The molecule has 1 unspecified atom stereocenters. The minimum Gasteiger partial charge on any atom is -0.484 e. The van der Waals surface area contributed by atoms with E-state index in [0.717, 1.165) is 25.0 Å². The van der Waals surface area contributed by atoms with E-state index in [2.05, 4.69) is 10.2 Å². The average Bonchev–Trinajstić information content (AvgIpc) is 3.27. The second-order valence-electron chi connectivity index (χ2n) is 7.30. The molecule has 31 heavy (non-hydrogen) atoms. The number of halogens is 3. The molecule has 1 aliphatic rings. The van der Waals surface area contributed by atoms with E-state index >= 15 is 0 Å². The van der Waals surface area contributed by atoms with Crippen molar-refractivity contribution in [1.82, 2.24) is 15.1 Å². The molecular weight excluding hydrogens is 411 g/mol. The van der Waals surface area contributed by atoms with Crippen molar-refractivity contribution >= 4 is 5.91 Å². The van der Waals surface area contributed by atoms with Crippen LogP contribution < -0.4 is 4.74 Å². The first kappa shape index (κ1) is 20.9. The third kappa shape index (κ3) is 5.04. The lowest BCUT2D eigenvalue weighted by Crippen LogP contribution is -2.39. The molecule has 4 rings (SSSR count). The lowest BCUT2D eigenvalue weighted by Gasteiger charge is -2.31. The Morgan fingerprint density at radius 2 is 1.84 bits per heavy atom. The van der Waals surface area contributed by atoms with E-state index in [0.29, 0.717) is 30.6 Å². The van der Waals surface area contributed by atoms with E-state index in [1.54, 1.807) is 4.90 Å². The Bertz CT molecular complexity index is 1020. The largest absolute Gasteiger partial charge is 0.484 e. The van der Waals surface area contributed by atoms with Crippen LogP contribution in [-0.2, 0) is 12.8 Å². The van der Waals surface area contributed by atoms with E-state index < -0.39 is 11.7 Å². The maximum atomic E-state index is 12.8. The van der Waals surface area contributed by atoms with Crippen LogP contribution in [-0.4, -0.2) is 34.1 Å². The van der Waals surface area contributed by atoms with Crippen LogP contribution in [0.2, 0.25) is 0 Å². The topological polar surface area (TPSA) is 68.5 Å². The predicted molar refractivity (Wildman–Crippen MR) is 104 cm³/mol. The monoisotopic (exact) mass is 431 g/mol. The highest BCUT2D eigenvalue weighted by atomic mass is 19.4. The molecule has 9 heteroatoms. The maximum Gasteiger partial charge on any atom is 0.416 e. The van der Waals surface area contributed by atoms with Gasteiger partial charge in [-0.1, -0.05) is 18.2 Å². The summed E-state index contributed by atoms with van der Waals surface area (Å²) in [5.41, 5.74) is -0.562. The number of amides is 1. The summed E-state index contributed by atoms with van der Waals surface area (Å²) >= 11 is 0. The van der Waals surface area contributed by atoms with Crippen molar-refractivity contribution in [2.75, 3.05) is 13.1 Å². The van der Waals surface area contributed by atoms with E-state index in [1.807, 2.05) is 30.3 Å². The Hall–Kier alpha value is -3.36. The summed E-state index contributed by atoms with van der Waals surface area (Å²) in [6.07, 6.45) is -2.93. The van der Waals surface area contributed by atoms with E-state index in [4.69, 9.17) is 9.15 Å². The van der Waals surface area contributed by atoms with Crippen molar-refractivity contribution in [1.29, 1.82) is 0 Å². The number of carbonyl (C=O) groups is 1. The number of rotatable bonds is 5. The number of hydrogen-bond acceptors (Lipinski definition) is 5. The first-order chi connectivity index (χ1) is 14.9. The van der Waals surface area contributed by atoms with E-state index in [9.17, 15) is 18.0 Å². The number of ether oxygens (including phenoxy) is 1. The van der Waals surface area contributed by atoms with Gasteiger partial charge >= 0.3 is 6.18 Å².